The van der Waals surface area contributed by atoms with E-state index in [0.717, 1.165) is 16.6 Å². The highest BCUT2D eigenvalue weighted by molar-refractivity contribution is 7.84. The van der Waals surface area contributed by atoms with Crippen LogP contribution in [0.3, 0.4) is 0 Å². The van der Waals surface area contributed by atoms with Crippen LogP contribution >= 0.6 is 12.6 Å². The highest BCUT2D eigenvalue weighted by atomic mass is 32.1. The molecule has 0 spiro atoms. The molecule has 0 aromatic heterocycles. The largest absolute Gasteiger partial charge is 0.378 e. The van der Waals surface area contributed by atoms with Crippen molar-refractivity contribution in [2.24, 2.45) is 4.99 Å². The fraction of sp³-hybridized carbons (Fsp3) is 0.375. The maximum atomic E-state index is 5.02. The molecule has 0 amide bonds. The Morgan fingerprint density at radius 2 is 2.43 bits per heavy atom. The van der Waals surface area contributed by atoms with Gasteiger partial charge in [0.15, 0.2) is 5.82 Å². The Morgan fingerprint density at radius 1 is 1.64 bits per heavy atom. The number of aliphatic imine (C=N–C) groups is 1. The van der Waals surface area contributed by atoms with Crippen LogP contribution in [0.5, 0.6) is 0 Å². The Balaban J connectivity index is 2.25. The third kappa shape index (κ3) is 1.63. The monoisotopic (exact) mass is 212 g/mol. The minimum Gasteiger partial charge on any atom is -0.378 e. The number of ether oxygens (including phenoxy) is 1. The lowest BCUT2D eigenvalue weighted by molar-refractivity contribution is 0.197. The second kappa shape index (κ2) is 3.64. The predicted octanol–water partition coefficient (Wildman–Crippen LogP) is 0.325. The summed E-state index contributed by atoms with van der Waals surface area (Å²) in [6.45, 7) is 0.499. The van der Waals surface area contributed by atoms with Crippen LogP contribution in [0.15, 0.2) is 28.1 Å². The van der Waals surface area contributed by atoms with E-state index >= 15 is 0 Å². The molecule has 14 heavy (non-hydrogen) atoms. The molecule has 2 rings (SSSR count). The molecule has 0 aromatic rings. The van der Waals surface area contributed by atoms with Crippen molar-refractivity contribution in [2.75, 3.05) is 20.8 Å². The average molecular weight is 212 g/mol. The van der Waals surface area contributed by atoms with Crippen molar-refractivity contribution in [2.45, 2.75) is 0 Å². The van der Waals surface area contributed by atoms with Crippen molar-refractivity contribution in [1.29, 1.82) is 0 Å². The third-order valence-corrected chi connectivity index (χ3v) is 2.20. The maximum absolute atomic E-state index is 5.02. The summed E-state index contributed by atoms with van der Waals surface area (Å²) in [6, 6.07) is 0. The van der Waals surface area contributed by atoms with E-state index in [4.69, 9.17) is 4.74 Å². The molecule has 0 saturated heterocycles. The van der Waals surface area contributed by atoms with Gasteiger partial charge < -0.3 is 4.74 Å². The normalized spacial score (nSPS) is 20.4. The first kappa shape index (κ1) is 9.57. The summed E-state index contributed by atoms with van der Waals surface area (Å²) in [6.07, 6.45) is 3.76. The average Bonchev–Trinajstić information content (AvgIpc) is 2.47. The molecular weight excluding hydrogens is 200 g/mol. The lowest BCUT2D eigenvalue weighted by atomic mass is 10.3. The van der Waals surface area contributed by atoms with Crippen molar-refractivity contribution in [1.82, 2.24) is 15.6 Å². The second-order valence-electron chi connectivity index (χ2n) is 3.07. The molecule has 1 N–H and O–H groups in total. The zero-order valence-corrected chi connectivity index (χ0v) is 8.95. The molecule has 0 fully saturated rings. The van der Waals surface area contributed by atoms with Crippen LogP contribution in [-0.2, 0) is 4.74 Å². The molecule has 0 saturated carbocycles. The molecule has 76 valence electrons. The van der Waals surface area contributed by atoms with Gasteiger partial charge in [-0.1, -0.05) is 0 Å². The second-order valence-corrected chi connectivity index (χ2v) is 3.53. The van der Waals surface area contributed by atoms with E-state index in [0.29, 0.717) is 6.61 Å². The fourth-order valence-electron chi connectivity index (χ4n) is 1.33. The molecule has 0 aromatic carbocycles. The van der Waals surface area contributed by atoms with Crippen LogP contribution < -0.4 is 5.53 Å². The summed E-state index contributed by atoms with van der Waals surface area (Å²) in [4.78, 5) is 4.38. The smallest absolute Gasteiger partial charge is 0.167 e. The zero-order valence-electron chi connectivity index (χ0n) is 8.06. The molecule has 0 aliphatic carbocycles. The molecule has 2 heterocycles. The number of hydrogen-bond donors (Lipinski definition) is 2. The minimum atomic E-state index is 0.499. The van der Waals surface area contributed by atoms with Crippen molar-refractivity contribution in [3.05, 3.63) is 23.1 Å². The molecular formula is C8H12N4OS. The van der Waals surface area contributed by atoms with Gasteiger partial charge in [-0.2, -0.15) is 0 Å². The number of hydrazine groups is 2. The lowest BCUT2D eigenvalue weighted by Crippen LogP contribution is -2.38. The van der Waals surface area contributed by atoms with Gasteiger partial charge in [-0.15, -0.1) is 18.2 Å². The van der Waals surface area contributed by atoms with Crippen LogP contribution in [0.4, 0.5) is 0 Å². The standard InChI is InChI=1S/C8H12N4OS/c1-11-4-7-9-6(5-13-2)3-8(14)12(7)10-11/h3-4,10,14H,5H2,1-2H3. The van der Waals surface area contributed by atoms with Crippen LogP contribution in [0.1, 0.15) is 0 Å². The van der Waals surface area contributed by atoms with Crippen LogP contribution in [0.2, 0.25) is 0 Å². The van der Waals surface area contributed by atoms with E-state index in [-0.39, 0.29) is 0 Å². The van der Waals surface area contributed by atoms with E-state index in [1.54, 1.807) is 12.1 Å². The fourth-order valence-corrected chi connectivity index (χ4v) is 1.63. The topological polar surface area (TPSA) is 40.1 Å². The summed E-state index contributed by atoms with van der Waals surface area (Å²) in [7, 11) is 3.55. The number of hydrogen-bond acceptors (Lipinski definition) is 6. The quantitative estimate of drug-likeness (QED) is 0.647. The maximum Gasteiger partial charge on any atom is 0.167 e. The number of nitrogens with one attached hydrogen (secondary N) is 1. The molecule has 6 heteroatoms. The van der Waals surface area contributed by atoms with E-state index in [1.165, 1.54) is 0 Å². The number of rotatable bonds is 2. The molecule has 5 nitrogen and oxygen atoms in total. The Kier molecular flexibility index (Phi) is 2.49. The first-order valence-corrected chi connectivity index (χ1v) is 4.63. The van der Waals surface area contributed by atoms with Gasteiger partial charge in [0, 0.05) is 14.2 Å². The summed E-state index contributed by atoms with van der Waals surface area (Å²) in [5.41, 5.74) is 3.92. The lowest BCUT2D eigenvalue weighted by Gasteiger charge is -2.24. The first-order chi connectivity index (χ1) is 6.70. The van der Waals surface area contributed by atoms with Crippen molar-refractivity contribution >= 4 is 18.3 Å². The summed E-state index contributed by atoms with van der Waals surface area (Å²) in [5, 5.41) is 4.42. The molecule has 0 unspecified atom stereocenters. The van der Waals surface area contributed by atoms with Gasteiger partial charge in [-0.25, -0.2) is 10.0 Å². The van der Waals surface area contributed by atoms with Crippen LogP contribution in [0.25, 0.3) is 0 Å². The minimum absolute atomic E-state index is 0.499. The number of nitrogens with zero attached hydrogens (tertiary/aromatic N) is 3. The van der Waals surface area contributed by atoms with Gasteiger partial charge in [0.1, 0.15) is 0 Å². The van der Waals surface area contributed by atoms with Crippen LogP contribution in [0, 0.1) is 0 Å². The van der Waals surface area contributed by atoms with E-state index in [2.05, 4.69) is 23.2 Å². The zero-order chi connectivity index (χ0) is 10.1. The Labute approximate surface area is 88.1 Å². The molecule has 2 aliphatic rings. The molecule has 0 radical (unpaired) electrons. The number of methoxy groups -OCH3 is 1. The summed E-state index contributed by atoms with van der Waals surface area (Å²) < 4.78 is 5.02. The highest BCUT2D eigenvalue weighted by Crippen LogP contribution is 2.23. The van der Waals surface area contributed by atoms with Gasteiger partial charge in [0.25, 0.3) is 0 Å². The summed E-state index contributed by atoms with van der Waals surface area (Å²) in [5.74, 6) is 0.826. The van der Waals surface area contributed by atoms with E-state index in [1.807, 2.05) is 24.3 Å². The van der Waals surface area contributed by atoms with Crippen molar-refractivity contribution in [3.63, 3.8) is 0 Å². The van der Waals surface area contributed by atoms with Crippen molar-refractivity contribution < 1.29 is 4.74 Å². The SMILES string of the molecule is COCC1=NC2=CN(C)NN2C(S)=C1. The van der Waals surface area contributed by atoms with Gasteiger partial charge in [0.05, 0.1) is 23.5 Å². The van der Waals surface area contributed by atoms with E-state index < -0.39 is 0 Å². The van der Waals surface area contributed by atoms with Crippen molar-refractivity contribution in [3.8, 4) is 0 Å². The Hall–Kier alpha value is -0.980. The summed E-state index contributed by atoms with van der Waals surface area (Å²) >= 11 is 4.35. The first-order valence-electron chi connectivity index (χ1n) is 4.19. The van der Waals surface area contributed by atoms with E-state index in [9.17, 15) is 0 Å². The van der Waals surface area contributed by atoms with Gasteiger partial charge in [-0.05, 0) is 6.08 Å². The predicted molar refractivity (Wildman–Crippen MR) is 57.2 cm³/mol. The van der Waals surface area contributed by atoms with Gasteiger partial charge in [-0.3, -0.25) is 5.01 Å². The van der Waals surface area contributed by atoms with Crippen LogP contribution in [-0.4, -0.2) is 36.5 Å². The Bertz CT molecular complexity index is 336. The third-order valence-electron chi connectivity index (χ3n) is 1.87. The number of thiol groups is 1. The molecule has 0 bridgehead atoms. The molecule has 0 atom stereocenters. The molecule has 2 aliphatic heterocycles. The van der Waals surface area contributed by atoms with Gasteiger partial charge in [0.2, 0.25) is 0 Å². The Morgan fingerprint density at radius 3 is 3.14 bits per heavy atom. The van der Waals surface area contributed by atoms with Gasteiger partial charge >= 0.3 is 0 Å². The number of fused-ring (bicyclic) bond motifs is 1. The highest BCUT2D eigenvalue weighted by Gasteiger charge is 2.23.